The highest BCUT2D eigenvalue weighted by atomic mass is 16.6. The number of carbonyl (C=O) groups excluding carboxylic acids is 1. The van der Waals surface area contributed by atoms with Crippen LogP contribution < -0.4 is 15.0 Å². The van der Waals surface area contributed by atoms with Gasteiger partial charge in [0.25, 0.3) is 0 Å². The van der Waals surface area contributed by atoms with E-state index in [1.807, 2.05) is 42.5 Å². The average molecular weight is 345 g/mol. The van der Waals surface area contributed by atoms with E-state index in [9.17, 15) is 9.90 Å². The normalized spacial score (nSPS) is 11.6. The number of amides is 1. The van der Waals surface area contributed by atoms with Crippen molar-refractivity contribution >= 4 is 5.91 Å². The van der Waals surface area contributed by atoms with Crippen molar-refractivity contribution in [3.63, 3.8) is 0 Å². The maximum absolute atomic E-state index is 11.3. The molecule has 2 aromatic carbocycles. The lowest BCUT2D eigenvalue weighted by Gasteiger charge is -2.14. The molecule has 0 radical (unpaired) electrons. The summed E-state index contributed by atoms with van der Waals surface area (Å²) in [6.07, 6.45) is 0.220. The third kappa shape index (κ3) is 6.10. The van der Waals surface area contributed by atoms with Gasteiger partial charge in [-0.25, -0.2) is 5.48 Å². The molecule has 2 rings (SSSR count). The average Bonchev–Trinajstić information content (AvgIpc) is 2.65. The number of rotatable bonds is 9. The number of benzene rings is 2. The van der Waals surface area contributed by atoms with E-state index in [1.54, 1.807) is 13.2 Å². The second-order valence-corrected chi connectivity index (χ2v) is 5.48. The van der Waals surface area contributed by atoms with E-state index in [0.717, 1.165) is 11.1 Å². The number of hydroxylamine groups is 1. The maximum atomic E-state index is 11.3. The van der Waals surface area contributed by atoms with E-state index in [0.29, 0.717) is 24.3 Å². The Bertz CT molecular complexity index is 672. The molecule has 25 heavy (non-hydrogen) atoms. The molecule has 2 N–H and O–H groups in total. The van der Waals surface area contributed by atoms with E-state index in [1.165, 1.54) is 7.11 Å². The van der Waals surface area contributed by atoms with Crippen LogP contribution in [0.5, 0.6) is 11.5 Å². The van der Waals surface area contributed by atoms with E-state index in [-0.39, 0.29) is 12.5 Å². The topological polar surface area (TPSA) is 77.0 Å². The Morgan fingerprint density at radius 2 is 1.88 bits per heavy atom. The number of ether oxygens (including phenoxy) is 2. The zero-order chi connectivity index (χ0) is 18.1. The minimum atomic E-state index is -0.743. The zero-order valence-corrected chi connectivity index (χ0v) is 14.4. The molecule has 2 aromatic rings. The van der Waals surface area contributed by atoms with Crippen molar-refractivity contribution < 1.29 is 24.2 Å². The monoisotopic (exact) mass is 345 g/mol. The van der Waals surface area contributed by atoms with Crippen molar-refractivity contribution in [2.75, 3.05) is 20.8 Å². The first kappa shape index (κ1) is 18.8. The predicted molar refractivity (Wildman–Crippen MR) is 93.4 cm³/mol. The molecule has 0 aliphatic heterocycles. The molecule has 1 atom stereocenters. The van der Waals surface area contributed by atoms with Gasteiger partial charge in [-0.05, 0) is 41.8 Å². The van der Waals surface area contributed by atoms with Crippen molar-refractivity contribution in [1.29, 1.82) is 0 Å². The van der Waals surface area contributed by atoms with Crippen molar-refractivity contribution in [1.82, 2.24) is 5.48 Å². The highest BCUT2D eigenvalue weighted by molar-refractivity contribution is 5.75. The lowest BCUT2D eigenvalue weighted by Crippen LogP contribution is -2.21. The summed E-state index contributed by atoms with van der Waals surface area (Å²) in [7, 11) is 2.99. The minimum absolute atomic E-state index is 0.142. The van der Waals surface area contributed by atoms with Gasteiger partial charge in [0.1, 0.15) is 24.2 Å². The molecule has 0 saturated heterocycles. The van der Waals surface area contributed by atoms with Crippen LogP contribution in [0.2, 0.25) is 0 Å². The molecule has 0 aliphatic carbocycles. The lowest BCUT2D eigenvalue weighted by atomic mass is 10.1. The van der Waals surface area contributed by atoms with E-state index in [2.05, 4.69) is 10.3 Å². The Morgan fingerprint density at radius 3 is 2.56 bits per heavy atom. The van der Waals surface area contributed by atoms with Crippen LogP contribution in [0, 0.1) is 0 Å². The van der Waals surface area contributed by atoms with Gasteiger partial charge in [-0.3, -0.25) is 9.63 Å². The van der Waals surface area contributed by atoms with Crippen LogP contribution in [0.4, 0.5) is 0 Å². The smallest absolute Gasteiger partial charge is 0.243 e. The molecular weight excluding hydrogens is 322 g/mol. The first-order chi connectivity index (χ1) is 12.1. The van der Waals surface area contributed by atoms with Gasteiger partial charge >= 0.3 is 0 Å². The van der Waals surface area contributed by atoms with Crippen molar-refractivity contribution in [3.8, 4) is 11.5 Å². The summed E-state index contributed by atoms with van der Waals surface area (Å²) in [6.45, 7) is 0.142. The van der Waals surface area contributed by atoms with E-state index >= 15 is 0 Å². The van der Waals surface area contributed by atoms with E-state index < -0.39 is 6.10 Å². The van der Waals surface area contributed by atoms with E-state index in [4.69, 9.17) is 9.47 Å². The summed E-state index contributed by atoms with van der Waals surface area (Å²) >= 11 is 0. The molecule has 6 nitrogen and oxygen atoms in total. The van der Waals surface area contributed by atoms with Crippen LogP contribution in [0.25, 0.3) is 0 Å². The Hall–Kier alpha value is -2.57. The fourth-order valence-electron chi connectivity index (χ4n) is 2.30. The van der Waals surface area contributed by atoms with Gasteiger partial charge in [-0.2, -0.15) is 0 Å². The number of carbonyl (C=O) groups is 1. The quantitative estimate of drug-likeness (QED) is 0.683. The van der Waals surface area contributed by atoms with Crippen LogP contribution in [0.3, 0.4) is 0 Å². The summed E-state index contributed by atoms with van der Waals surface area (Å²) in [5.74, 6) is 1.19. The zero-order valence-electron chi connectivity index (χ0n) is 14.4. The fourth-order valence-corrected chi connectivity index (χ4v) is 2.30. The molecule has 0 spiro atoms. The molecular formula is C19H23NO5. The van der Waals surface area contributed by atoms with Crippen molar-refractivity contribution in [2.24, 2.45) is 0 Å². The first-order valence-corrected chi connectivity index (χ1v) is 7.98. The molecule has 0 fully saturated rings. The summed E-state index contributed by atoms with van der Waals surface area (Å²) in [5.41, 5.74) is 4.04. The maximum Gasteiger partial charge on any atom is 0.243 e. The molecule has 134 valence electrons. The van der Waals surface area contributed by atoms with Crippen LogP contribution in [0.15, 0.2) is 48.5 Å². The van der Waals surface area contributed by atoms with Gasteiger partial charge in [0, 0.05) is 6.42 Å². The number of nitrogens with one attached hydrogen (secondary N) is 1. The summed E-state index contributed by atoms with van der Waals surface area (Å²) in [6, 6.07) is 14.7. The summed E-state index contributed by atoms with van der Waals surface area (Å²) < 4.78 is 10.8. The van der Waals surface area contributed by atoms with Crippen LogP contribution in [-0.4, -0.2) is 31.8 Å². The Kier molecular flexibility index (Phi) is 7.25. The molecule has 1 amide bonds. The summed E-state index contributed by atoms with van der Waals surface area (Å²) in [4.78, 5) is 15.9. The third-order valence-corrected chi connectivity index (χ3v) is 3.67. The van der Waals surface area contributed by atoms with Crippen molar-refractivity contribution in [3.05, 3.63) is 59.7 Å². The van der Waals surface area contributed by atoms with Crippen LogP contribution in [0.1, 0.15) is 23.7 Å². The predicted octanol–water partition coefficient (Wildman–Crippen LogP) is 2.42. The van der Waals surface area contributed by atoms with Crippen molar-refractivity contribution in [2.45, 2.75) is 18.9 Å². The van der Waals surface area contributed by atoms with Gasteiger partial charge in [0.2, 0.25) is 5.91 Å². The fraction of sp³-hybridized carbons (Fsp3) is 0.316. The standard InChI is InChI=1S/C19H23NO5/c1-23-17-5-3-4-15(12-17)18(21)13-25-16-9-6-14(7-10-16)8-11-19(22)20-24-2/h3-7,9-10,12,18,21H,8,11,13H2,1-2H3,(H,20,22)/t18-/m1/s1. The number of hydrogen-bond acceptors (Lipinski definition) is 5. The molecule has 0 aliphatic rings. The number of aliphatic hydroxyl groups excluding tert-OH is 1. The second-order valence-electron chi connectivity index (χ2n) is 5.48. The van der Waals surface area contributed by atoms with Crippen LogP contribution >= 0.6 is 0 Å². The van der Waals surface area contributed by atoms with Gasteiger partial charge < -0.3 is 14.6 Å². The number of hydrogen-bond donors (Lipinski definition) is 2. The largest absolute Gasteiger partial charge is 0.497 e. The van der Waals surface area contributed by atoms with Gasteiger partial charge in [0.05, 0.1) is 14.2 Å². The highest BCUT2D eigenvalue weighted by Gasteiger charge is 2.09. The molecule has 0 aromatic heterocycles. The van der Waals surface area contributed by atoms with Gasteiger partial charge in [-0.15, -0.1) is 0 Å². The number of aliphatic hydroxyl groups is 1. The lowest BCUT2D eigenvalue weighted by molar-refractivity contribution is -0.131. The molecule has 6 heteroatoms. The van der Waals surface area contributed by atoms with Gasteiger partial charge in [0.15, 0.2) is 0 Å². The Balaban J connectivity index is 1.83. The first-order valence-electron chi connectivity index (χ1n) is 7.98. The minimum Gasteiger partial charge on any atom is -0.497 e. The molecule has 0 unspecified atom stereocenters. The summed E-state index contributed by atoms with van der Waals surface area (Å²) in [5, 5.41) is 10.2. The van der Waals surface area contributed by atoms with Crippen LogP contribution in [-0.2, 0) is 16.1 Å². The number of aryl methyl sites for hydroxylation is 1. The second kappa shape index (κ2) is 9.66. The highest BCUT2D eigenvalue weighted by Crippen LogP contribution is 2.21. The van der Waals surface area contributed by atoms with Gasteiger partial charge in [-0.1, -0.05) is 24.3 Å². The SMILES string of the molecule is CONC(=O)CCc1ccc(OC[C@@H](O)c2cccc(OC)c2)cc1. The molecule has 0 bridgehead atoms. The third-order valence-electron chi connectivity index (χ3n) is 3.67. The Labute approximate surface area is 147 Å². The molecule has 0 heterocycles. The molecule has 0 saturated carbocycles. The number of methoxy groups -OCH3 is 1. The Morgan fingerprint density at radius 1 is 1.12 bits per heavy atom.